The van der Waals surface area contributed by atoms with Crippen molar-refractivity contribution in [1.82, 2.24) is 30.5 Å². The molecule has 4 aromatic rings. The average Bonchev–Trinajstić information content (AvgIpc) is 3.04. The second-order valence-corrected chi connectivity index (χ2v) is 10.9. The van der Waals surface area contributed by atoms with E-state index < -0.39 is 12.1 Å². The molecule has 44 heavy (non-hydrogen) atoms. The van der Waals surface area contributed by atoms with Crippen molar-refractivity contribution in [2.24, 2.45) is 0 Å². The van der Waals surface area contributed by atoms with Gasteiger partial charge in [0.05, 0.1) is 17.3 Å². The number of carbonyl (C=O) groups is 3. The number of nitrogens with one attached hydrogen (secondary N) is 2. The van der Waals surface area contributed by atoms with Gasteiger partial charge in [0.25, 0.3) is 17.7 Å². The maximum absolute atomic E-state index is 13.7. The van der Waals surface area contributed by atoms with Gasteiger partial charge in [-0.15, -0.1) is 0 Å². The molecule has 0 saturated carbocycles. The molecule has 7 rings (SSSR count). The van der Waals surface area contributed by atoms with Crippen LogP contribution in [0.2, 0.25) is 0 Å². The lowest BCUT2D eigenvalue weighted by Crippen LogP contribution is -2.58. The van der Waals surface area contributed by atoms with Gasteiger partial charge in [-0.3, -0.25) is 19.4 Å². The number of aryl methyl sites for hydroxylation is 2. The summed E-state index contributed by atoms with van der Waals surface area (Å²) in [4.78, 5) is 54.4. The monoisotopic (exact) mass is 592 g/mol. The topological polar surface area (TPSA) is 136 Å². The van der Waals surface area contributed by atoms with Gasteiger partial charge in [-0.05, 0) is 61.4 Å². The first kappa shape index (κ1) is 28.8. The normalized spacial score (nSPS) is 18.6. The molecular formula is C33H32N6O5. The minimum Gasteiger partial charge on any atom is -0.488 e. The summed E-state index contributed by atoms with van der Waals surface area (Å²) in [7, 11) is 0. The fraction of sp³-hybridized carbons (Fsp3) is 0.273. The van der Waals surface area contributed by atoms with Crippen molar-refractivity contribution in [3.8, 4) is 22.9 Å². The molecule has 11 nitrogen and oxygen atoms in total. The summed E-state index contributed by atoms with van der Waals surface area (Å²) in [6.07, 6.45) is 5.00. The van der Waals surface area contributed by atoms with Crippen LogP contribution in [-0.2, 0) is 11.3 Å². The van der Waals surface area contributed by atoms with Crippen LogP contribution in [-0.4, -0.2) is 69.4 Å². The summed E-state index contributed by atoms with van der Waals surface area (Å²) in [5.41, 5.74) is 3.79. The number of nitrogens with zero attached hydrogens (tertiary/aromatic N) is 4. The Morgan fingerprint density at radius 2 is 1.86 bits per heavy atom. The molecule has 0 spiro atoms. The van der Waals surface area contributed by atoms with Crippen LogP contribution >= 0.6 is 0 Å². The van der Waals surface area contributed by atoms with E-state index in [4.69, 9.17) is 9.47 Å². The molecular weight excluding hydrogens is 560 g/mol. The summed E-state index contributed by atoms with van der Waals surface area (Å²) in [6.45, 7) is 4.45. The Hall–Kier alpha value is -5.32. The number of rotatable bonds is 2. The first-order chi connectivity index (χ1) is 21.3. The van der Waals surface area contributed by atoms with E-state index >= 15 is 0 Å². The molecule has 0 aliphatic carbocycles. The molecule has 2 atom stereocenters. The van der Waals surface area contributed by atoms with Crippen LogP contribution < -0.4 is 20.1 Å². The van der Waals surface area contributed by atoms with E-state index in [2.05, 4.69) is 25.6 Å². The molecule has 2 aromatic carbocycles. The summed E-state index contributed by atoms with van der Waals surface area (Å²) in [6, 6.07) is 15.7. The molecule has 5 heterocycles. The van der Waals surface area contributed by atoms with Gasteiger partial charge in [0.2, 0.25) is 0 Å². The lowest BCUT2D eigenvalue weighted by Gasteiger charge is -2.39. The van der Waals surface area contributed by atoms with Crippen LogP contribution in [0, 0.1) is 13.8 Å². The van der Waals surface area contributed by atoms with Crippen LogP contribution in [0.1, 0.15) is 44.0 Å². The number of hydrogen-bond donors (Lipinski definition) is 2. The number of ether oxygens (including phenoxy) is 2. The lowest BCUT2D eigenvalue weighted by atomic mass is 9.99. The van der Waals surface area contributed by atoms with Crippen LogP contribution in [0.4, 0.5) is 0 Å². The number of amides is 3. The van der Waals surface area contributed by atoms with Crippen molar-refractivity contribution in [2.75, 3.05) is 19.7 Å². The van der Waals surface area contributed by atoms with E-state index in [1.807, 2.05) is 37.3 Å². The fourth-order valence-corrected chi connectivity index (χ4v) is 5.28. The maximum atomic E-state index is 13.7. The summed E-state index contributed by atoms with van der Waals surface area (Å²) < 4.78 is 12.1. The van der Waals surface area contributed by atoms with Crippen LogP contribution in [0.5, 0.6) is 11.5 Å². The lowest BCUT2D eigenvalue weighted by molar-refractivity contribution is -0.123. The number of piperidine rings is 1. The minimum atomic E-state index is -0.514. The molecule has 0 radical (unpaired) electrons. The highest BCUT2D eigenvalue weighted by Crippen LogP contribution is 2.25. The van der Waals surface area contributed by atoms with Gasteiger partial charge in [-0.2, -0.15) is 0 Å². The third-order valence-corrected chi connectivity index (χ3v) is 7.79. The number of aromatic nitrogens is 3. The SMILES string of the molecule is Cc1ccc2cc1OCC(=O)NCc1ccc(cc1)O[C@H]1CCN(C(=O)c3cnc(-c4cccnc4)nc3C)C[C@@H]1NC2=O. The zero-order valence-corrected chi connectivity index (χ0v) is 24.4. The number of pyridine rings is 1. The molecule has 224 valence electrons. The zero-order valence-electron chi connectivity index (χ0n) is 24.4. The summed E-state index contributed by atoms with van der Waals surface area (Å²) in [5.74, 6) is 0.736. The largest absolute Gasteiger partial charge is 0.488 e. The molecule has 0 unspecified atom stereocenters. The number of carbonyl (C=O) groups excluding carboxylic acids is 3. The van der Waals surface area contributed by atoms with Gasteiger partial charge in [-0.1, -0.05) is 18.2 Å². The summed E-state index contributed by atoms with van der Waals surface area (Å²) in [5, 5.41) is 5.94. The van der Waals surface area contributed by atoms with Gasteiger partial charge in [0, 0.05) is 55.8 Å². The Kier molecular flexibility index (Phi) is 8.18. The van der Waals surface area contributed by atoms with Gasteiger partial charge < -0.3 is 25.0 Å². The van der Waals surface area contributed by atoms with E-state index in [9.17, 15) is 14.4 Å². The Labute approximate surface area is 254 Å². The average molecular weight is 593 g/mol. The molecule has 3 amide bonds. The van der Waals surface area contributed by atoms with Gasteiger partial charge in [0.15, 0.2) is 12.4 Å². The standard InChI is InChI=1S/C33H32N6O5/c1-20-5-8-23-14-29(20)43-19-30(40)35-15-22-6-9-25(10-7-22)44-28-11-13-39(18-27(28)38-32(23)41)33(42)26-17-36-31(37-21(26)2)24-4-3-12-34-16-24/h3-10,12,14,16-17,27-28H,11,13,15,18-19H2,1-2H3,(H,35,40)(H,38,41)/t27-,28-/m0/s1. The number of hydrogen-bond acceptors (Lipinski definition) is 8. The van der Waals surface area contributed by atoms with E-state index in [1.54, 1.807) is 54.7 Å². The zero-order chi connectivity index (χ0) is 30.6. The number of likely N-dealkylation sites (tertiary alicyclic amines) is 1. The smallest absolute Gasteiger partial charge is 0.258 e. The molecule has 1 fully saturated rings. The van der Waals surface area contributed by atoms with Crippen molar-refractivity contribution in [2.45, 2.75) is 39.0 Å². The highest BCUT2D eigenvalue weighted by molar-refractivity contribution is 5.96. The first-order valence-corrected chi connectivity index (χ1v) is 14.4. The second-order valence-electron chi connectivity index (χ2n) is 10.9. The van der Waals surface area contributed by atoms with Crippen LogP contribution in [0.15, 0.2) is 73.2 Å². The molecule has 11 heteroatoms. The highest BCUT2D eigenvalue weighted by Gasteiger charge is 2.35. The molecule has 2 aromatic heterocycles. The van der Waals surface area contributed by atoms with Gasteiger partial charge >= 0.3 is 0 Å². The number of benzene rings is 2. The van der Waals surface area contributed by atoms with E-state index in [1.165, 1.54) is 0 Å². The number of fused-ring (bicyclic) bond motifs is 7. The van der Waals surface area contributed by atoms with Crippen molar-refractivity contribution in [1.29, 1.82) is 0 Å². The quantitative estimate of drug-likeness (QED) is 0.362. The van der Waals surface area contributed by atoms with Crippen molar-refractivity contribution in [3.63, 3.8) is 0 Å². The molecule has 4 bridgehead atoms. The van der Waals surface area contributed by atoms with E-state index in [0.29, 0.717) is 53.7 Å². The second kappa shape index (κ2) is 12.5. The van der Waals surface area contributed by atoms with Crippen molar-refractivity contribution < 1.29 is 23.9 Å². The molecule has 3 aliphatic rings. The predicted octanol–water partition coefficient (Wildman–Crippen LogP) is 3.26. The van der Waals surface area contributed by atoms with Gasteiger partial charge in [0.1, 0.15) is 17.6 Å². The van der Waals surface area contributed by atoms with Crippen molar-refractivity contribution in [3.05, 3.63) is 101 Å². The first-order valence-electron chi connectivity index (χ1n) is 14.4. The Morgan fingerprint density at radius 3 is 2.64 bits per heavy atom. The van der Waals surface area contributed by atoms with E-state index in [0.717, 1.165) is 16.7 Å². The fourth-order valence-electron chi connectivity index (χ4n) is 5.28. The molecule has 1 saturated heterocycles. The Balaban J connectivity index is 1.26. The molecule has 2 N–H and O–H groups in total. The minimum absolute atomic E-state index is 0.179. The van der Waals surface area contributed by atoms with Crippen LogP contribution in [0.25, 0.3) is 11.4 Å². The Morgan fingerprint density at radius 1 is 1.02 bits per heavy atom. The van der Waals surface area contributed by atoms with Crippen LogP contribution in [0.3, 0.4) is 0 Å². The van der Waals surface area contributed by atoms with E-state index in [-0.39, 0.29) is 30.9 Å². The third-order valence-electron chi connectivity index (χ3n) is 7.79. The maximum Gasteiger partial charge on any atom is 0.258 e. The summed E-state index contributed by atoms with van der Waals surface area (Å²) >= 11 is 0. The van der Waals surface area contributed by atoms with Crippen molar-refractivity contribution >= 4 is 17.7 Å². The third kappa shape index (κ3) is 6.36. The predicted molar refractivity (Wildman–Crippen MR) is 161 cm³/mol. The van der Waals surface area contributed by atoms with Gasteiger partial charge in [-0.25, -0.2) is 9.97 Å². The highest BCUT2D eigenvalue weighted by atomic mass is 16.5. The Bertz CT molecular complexity index is 1700. The molecule has 3 aliphatic heterocycles.